The Labute approximate surface area is 166 Å². The standard InChI is InChI=1S/C23H17FN4O/c1-29-19-4-2-3-16(11-19)21-13-25-22-10-7-17(14-28(21)22)20-12-26-27-23(20)15-5-8-18(24)9-6-15/h2-14H,1H3,(H,26,27). The van der Waals surface area contributed by atoms with Crippen molar-refractivity contribution in [2.24, 2.45) is 0 Å². The summed E-state index contributed by atoms with van der Waals surface area (Å²) in [5.74, 6) is 0.527. The first-order valence-corrected chi connectivity index (χ1v) is 9.14. The van der Waals surface area contributed by atoms with Crippen LogP contribution in [-0.2, 0) is 0 Å². The number of rotatable bonds is 4. The molecule has 5 aromatic rings. The Morgan fingerprint density at radius 2 is 1.76 bits per heavy atom. The Kier molecular flexibility index (Phi) is 4.09. The number of hydrogen-bond acceptors (Lipinski definition) is 3. The number of methoxy groups -OCH3 is 1. The lowest BCUT2D eigenvalue weighted by atomic mass is 10.0. The van der Waals surface area contributed by atoms with Gasteiger partial charge in [0.2, 0.25) is 0 Å². The molecule has 0 amide bonds. The van der Waals surface area contributed by atoms with Gasteiger partial charge in [0.05, 0.1) is 30.9 Å². The number of benzene rings is 2. The zero-order valence-corrected chi connectivity index (χ0v) is 15.6. The van der Waals surface area contributed by atoms with Gasteiger partial charge in [-0.05, 0) is 48.5 Å². The monoisotopic (exact) mass is 384 g/mol. The van der Waals surface area contributed by atoms with Gasteiger partial charge in [0, 0.05) is 28.5 Å². The molecule has 0 bridgehead atoms. The second-order valence-corrected chi connectivity index (χ2v) is 6.69. The number of imidazole rings is 1. The van der Waals surface area contributed by atoms with Crippen molar-refractivity contribution in [1.29, 1.82) is 0 Å². The summed E-state index contributed by atoms with van der Waals surface area (Å²) >= 11 is 0. The van der Waals surface area contributed by atoms with E-state index in [1.54, 1.807) is 25.4 Å². The van der Waals surface area contributed by atoms with Crippen LogP contribution in [0.4, 0.5) is 4.39 Å². The number of pyridine rings is 1. The molecule has 0 saturated heterocycles. The third kappa shape index (κ3) is 3.04. The van der Waals surface area contributed by atoms with Crippen molar-refractivity contribution in [3.8, 4) is 39.4 Å². The van der Waals surface area contributed by atoms with Crippen LogP contribution < -0.4 is 4.74 Å². The van der Waals surface area contributed by atoms with E-state index >= 15 is 0 Å². The van der Waals surface area contributed by atoms with E-state index < -0.39 is 0 Å². The van der Waals surface area contributed by atoms with Crippen LogP contribution in [0.15, 0.2) is 79.3 Å². The van der Waals surface area contributed by atoms with Crippen LogP contribution in [0.3, 0.4) is 0 Å². The minimum atomic E-state index is -0.266. The van der Waals surface area contributed by atoms with Crippen molar-refractivity contribution in [2.45, 2.75) is 0 Å². The Bertz CT molecular complexity index is 1300. The van der Waals surface area contributed by atoms with Crippen LogP contribution in [0.1, 0.15) is 0 Å². The fourth-order valence-corrected chi connectivity index (χ4v) is 3.48. The van der Waals surface area contributed by atoms with Crippen LogP contribution in [0.2, 0.25) is 0 Å². The van der Waals surface area contributed by atoms with Crippen LogP contribution in [0.25, 0.3) is 39.3 Å². The molecular formula is C23H17FN4O. The predicted molar refractivity (Wildman–Crippen MR) is 110 cm³/mol. The maximum Gasteiger partial charge on any atom is 0.137 e. The van der Waals surface area contributed by atoms with E-state index in [-0.39, 0.29) is 5.82 Å². The van der Waals surface area contributed by atoms with E-state index in [0.717, 1.165) is 45.0 Å². The normalized spacial score (nSPS) is 11.1. The Morgan fingerprint density at radius 1 is 0.931 bits per heavy atom. The van der Waals surface area contributed by atoms with Crippen molar-refractivity contribution < 1.29 is 9.13 Å². The van der Waals surface area contributed by atoms with Crippen molar-refractivity contribution in [3.63, 3.8) is 0 Å². The van der Waals surface area contributed by atoms with Gasteiger partial charge < -0.3 is 4.74 Å². The van der Waals surface area contributed by atoms with Gasteiger partial charge in [-0.3, -0.25) is 9.50 Å². The molecule has 0 aliphatic rings. The lowest BCUT2D eigenvalue weighted by molar-refractivity contribution is 0.415. The SMILES string of the molecule is COc1cccc(-c2cnc3ccc(-c4cn[nH]c4-c4ccc(F)cc4)cn23)c1. The van der Waals surface area contributed by atoms with Crippen molar-refractivity contribution in [2.75, 3.05) is 7.11 Å². The van der Waals surface area contributed by atoms with Gasteiger partial charge in [0.1, 0.15) is 17.2 Å². The van der Waals surface area contributed by atoms with Gasteiger partial charge in [-0.15, -0.1) is 0 Å². The molecule has 29 heavy (non-hydrogen) atoms. The van der Waals surface area contributed by atoms with E-state index in [4.69, 9.17) is 4.74 Å². The Morgan fingerprint density at radius 3 is 2.59 bits per heavy atom. The summed E-state index contributed by atoms with van der Waals surface area (Å²) in [7, 11) is 1.65. The highest BCUT2D eigenvalue weighted by Gasteiger charge is 2.13. The Balaban J connectivity index is 1.63. The highest BCUT2D eigenvalue weighted by atomic mass is 19.1. The van der Waals surface area contributed by atoms with Crippen LogP contribution >= 0.6 is 0 Å². The van der Waals surface area contributed by atoms with Crippen molar-refractivity contribution in [3.05, 3.63) is 85.1 Å². The lowest BCUT2D eigenvalue weighted by Crippen LogP contribution is -1.91. The number of hydrogen-bond donors (Lipinski definition) is 1. The predicted octanol–water partition coefficient (Wildman–Crippen LogP) is 5.21. The minimum Gasteiger partial charge on any atom is -0.497 e. The molecule has 6 heteroatoms. The largest absolute Gasteiger partial charge is 0.497 e. The second-order valence-electron chi connectivity index (χ2n) is 6.69. The summed E-state index contributed by atoms with van der Waals surface area (Å²) in [5, 5.41) is 7.24. The van der Waals surface area contributed by atoms with E-state index in [1.165, 1.54) is 12.1 Å². The molecule has 2 aromatic carbocycles. The molecule has 0 fully saturated rings. The summed E-state index contributed by atoms with van der Waals surface area (Å²) in [6.07, 6.45) is 5.67. The van der Waals surface area contributed by atoms with E-state index in [2.05, 4.69) is 15.2 Å². The Hall–Kier alpha value is -3.93. The highest BCUT2D eigenvalue weighted by molar-refractivity contribution is 5.81. The zero-order valence-electron chi connectivity index (χ0n) is 15.6. The number of aromatic amines is 1. The van der Waals surface area contributed by atoms with Gasteiger partial charge in [-0.2, -0.15) is 5.10 Å². The van der Waals surface area contributed by atoms with Crippen LogP contribution in [0.5, 0.6) is 5.75 Å². The number of aromatic nitrogens is 4. The van der Waals surface area contributed by atoms with E-state index in [1.807, 2.05) is 53.2 Å². The van der Waals surface area contributed by atoms with E-state index in [0.29, 0.717) is 0 Å². The summed E-state index contributed by atoms with van der Waals surface area (Å²) in [5.41, 5.74) is 6.45. The molecule has 0 atom stereocenters. The third-order valence-electron chi connectivity index (χ3n) is 4.95. The molecule has 3 aromatic heterocycles. The average Bonchev–Trinajstić information content (AvgIpc) is 3.41. The van der Waals surface area contributed by atoms with Crippen LogP contribution in [0, 0.1) is 5.82 Å². The highest BCUT2D eigenvalue weighted by Crippen LogP contribution is 2.32. The first kappa shape index (κ1) is 17.2. The van der Waals surface area contributed by atoms with Crippen molar-refractivity contribution >= 4 is 5.65 Å². The van der Waals surface area contributed by atoms with Crippen molar-refractivity contribution in [1.82, 2.24) is 19.6 Å². The molecule has 3 heterocycles. The van der Waals surface area contributed by atoms with E-state index in [9.17, 15) is 4.39 Å². The molecule has 5 nitrogen and oxygen atoms in total. The molecule has 0 unspecified atom stereocenters. The molecule has 5 rings (SSSR count). The molecule has 1 N–H and O–H groups in total. The number of nitrogens with one attached hydrogen (secondary N) is 1. The quantitative estimate of drug-likeness (QED) is 0.463. The molecule has 0 spiro atoms. The summed E-state index contributed by atoms with van der Waals surface area (Å²) in [6, 6.07) is 18.2. The minimum absolute atomic E-state index is 0.266. The van der Waals surface area contributed by atoms with Gasteiger partial charge in [-0.25, -0.2) is 9.37 Å². The maximum absolute atomic E-state index is 13.3. The number of fused-ring (bicyclic) bond motifs is 1. The maximum atomic E-state index is 13.3. The number of halogens is 1. The fraction of sp³-hybridized carbons (Fsp3) is 0.0435. The number of ether oxygens (including phenoxy) is 1. The van der Waals surface area contributed by atoms with Gasteiger partial charge in [0.25, 0.3) is 0 Å². The smallest absolute Gasteiger partial charge is 0.137 e. The first-order chi connectivity index (χ1) is 14.2. The molecule has 142 valence electrons. The van der Waals surface area contributed by atoms with Gasteiger partial charge in [-0.1, -0.05) is 12.1 Å². The van der Waals surface area contributed by atoms with Gasteiger partial charge >= 0.3 is 0 Å². The average molecular weight is 384 g/mol. The zero-order chi connectivity index (χ0) is 19.8. The molecule has 0 aliphatic carbocycles. The summed E-state index contributed by atoms with van der Waals surface area (Å²) in [6.45, 7) is 0. The van der Waals surface area contributed by atoms with Gasteiger partial charge in [0.15, 0.2) is 0 Å². The first-order valence-electron chi connectivity index (χ1n) is 9.14. The number of H-pyrrole nitrogens is 1. The fourth-order valence-electron chi connectivity index (χ4n) is 3.48. The molecule has 0 saturated carbocycles. The number of nitrogens with zero attached hydrogens (tertiary/aromatic N) is 3. The molecule has 0 radical (unpaired) electrons. The second kappa shape index (κ2) is 6.91. The summed E-state index contributed by atoms with van der Waals surface area (Å²) < 4.78 is 20.7. The lowest BCUT2D eigenvalue weighted by Gasteiger charge is -2.08. The third-order valence-corrected chi connectivity index (χ3v) is 4.95. The molecule has 0 aliphatic heterocycles. The summed E-state index contributed by atoms with van der Waals surface area (Å²) in [4.78, 5) is 4.52. The topological polar surface area (TPSA) is 55.2 Å². The van der Waals surface area contributed by atoms with Crippen LogP contribution in [-0.4, -0.2) is 26.7 Å². The molecular weight excluding hydrogens is 367 g/mol.